The summed E-state index contributed by atoms with van der Waals surface area (Å²) in [7, 11) is 3.17. The number of fused-ring (bicyclic) bond motifs is 1. The fourth-order valence-corrected chi connectivity index (χ4v) is 1.95. The van der Waals surface area contributed by atoms with E-state index in [2.05, 4.69) is 6.07 Å². The van der Waals surface area contributed by atoms with Gasteiger partial charge in [0, 0.05) is 0 Å². The first kappa shape index (κ1) is 10.4. The Morgan fingerprint density at radius 1 is 1.31 bits per heavy atom. The number of aromatic nitrogens is 1. The highest BCUT2D eigenvalue weighted by molar-refractivity contribution is 5.93. The van der Waals surface area contributed by atoms with Crippen molar-refractivity contribution in [3.63, 3.8) is 0 Å². The Morgan fingerprint density at radius 3 is 2.62 bits per heavy atom. The molecule has 4 heteroatoms. The van der Waals surface area contributed by atoms with Crippen molar-refractivity contribution in [2.75, 3.05) is 14.2 Å². The molecule has 0 amide bonds. The number of rotatable bonds is 2. The number of benzene rings is 1. The summed E-state index contributed by atoms with van der Waals surface area (Å²) in [5.74, 6) is 0.688. The zero-order valence-electron chi connectivity index (χ0n) is 9.44. The van der Waals surface area contributed by atoms with Gasteiger partial charge in [0.05, 0.1) is 29.3 Å². The smallest absolute Gasteiger partial charge is 0.129 e. The van der Waals surface area contributed by atoms with Crippen LogP contribution in [0.3, 0.4) is 0 Å². The van der Waals surface area contributed by atoms with Crippen LogP contribution in [0.5, 0.6) is 5.75 Å². The molecule has 2 aromatic rings. The average molecular weight is 216 g/mol. The van der Waals surface area contributed by atoms with Gasteiger partial charge in [-0.05, 0) is 19.1 Å². The summed E-state index contributed by atoms with van der Waals surface area (Å²) in [6, 6.07) is 7.79. The molecule has 0 bridgehead atoms. The van der Waals surface area contributed by atoms with E-state index in [4.69, 9.17) is 9.57 Å². The molecule has 16 heavy (non-hydrogen) atoms. The Labute approximate surface area is 93.6 Å². The zero-order chi connectivity index (χ0) is 11.7. The molecule has 0 atom stereocenters. The molecule has 0 saturated carbocycles. The van der Waals surface area contributed by atoms with E-state index in [-0.39, 0.29) is 0 Å². The van der Waals surface area contributed by atoms with Crippen molar-refractivity contribution in [2.45, 2.75) is 6.92 Å². The molecule has 0 spiro atoms. The van der Waals surface area contributed by atoms with Crippen LogP contribution in [0.25, 0.3) is 10.9 Å². The maximum absolute atomic E-state index is 9.17. The zero-order valence-corrected chi connectivity index (χ0v) is 9.44. The van der Waals surface area contributed by atoms with Crippen LogP contribution in [0, 0.1) is 18.3 Å². The highest BCUT2D eigenvalue weighted by Crippen LogP contribution is 2.32. The van der Waals surface area contributed by atoms with Crippen molar-refractivity contribution in [3.8, 4) is 11.8 Å². The molecule has 0 aliphatic heterocycles. The maximum Gasteiger partial charge on any atom is 0.129 e. The Balaban J connectivity index is 2.96. The lowest BCUT2D eigenvalue weighted by molar-refractivity contribution is 0.173. The van der Waals surface area contributed by atoms with Gasteiger partial charge in [-0.3, -0.25) is 0 Å². The predicted molar refractivity (Wildman–Crippen MR) is 60.4 cm³/mol. The molecule has 0 radical (unpaired) electrons. The summed E-state index contributed by atoms with van der Waals surface area (Å²) in [6.45, 7) is 1.85. The van der Waals surface area contributed by atoms with E-state index < -0.39 is 0 Å². The molecule has 1 aromatic heterocycles. The number of hydrogen-bond donors (Lipinski definition) is 0. The molecule has 0 saturated heterocycles. The number of hydrogen-bond acceptors (Lipinski definition) is 3. The van der Waals surface area contributed by atoms with Crippen LogP contribution in [-0.2, 0) is 0 Å². The molecular weight excluding hydrogens is 204 g/mol. The summed E-state index contributed by atoms with van der Waals surface area (Å²) in [5.41, 5.74) is 2.22. The predicted octanol–water partition coefficient (Wildman–Crippen LogP) is 1.89. The minimum Gasteiger partial charge on any atom is -0.496 e. The molecule has 0 unspecified atom stereocenters. The van der Waals surface area contributed by atoms with Crippen LogP contribution in [-0.4, -0.2) is 19.0 Å². The Bertz CT molecular complexity index is 579. The van der Waals surface area contributed by atoms with Gasteiger partial charge in [-0.25, -0.2) is 0 Å². The summed E-state index contributed by atoms with van der Waals surface area (Å²) in [5, 5.41) is 9.97. The summed E-state index contributed by atoms with van der Waals surface area (Å²) >= 11 is 0. The van der Waals surface area contributed by atoms with Crippen molar-refractivity contribution >= 4 is 10.9 Å². The van der Waals surface area contributed by atoms with E-state index in [1.165, 1.54) is 0 Å². The highest BCUT2D eigenvalue weighted by Gasteiger charge is 2.17. The van der Waals surface area contributed by atoms with E-state index in [0.29, 0.717) is 11.3 Å². The topological polar surface area (TPSA) is 47.2 Å². The lowest BCUT2D eigenvalue weighted by Gasteiger charge is -2.05. The fraction of sp³-hybridized carbons (Fsp3) is 0.250. The first-order valence-electron chi connectivity index (χ1n) is 4.87. The number of methoxy groups -OCH3 is 1. The van der Waals surface area contributed by atoms with Crippen LogP contribution in [0.1, 0.15) is 11.3 Å². The first-order chi connectivity index (χ1) is 7.74. The Hall–Kier alpha value is -2.15. The van der Waals surface area contributed by atoms with Gasteiger partial charge in [0.25, 0.3) is 0 Å². The molecule has 2 rings (SSSR count). The van der Waals surface area contributed by atoms with Gasteiger partial charge in [0.1, 0.15) is 18.9 Å². The van der Waals surface area contributed by atoms with E-state index >= 15 is 0 Å². The van der Waals surface area contributed by atoms with E-state index in [1.807, 2.05) is 25.1 Å². The van der Waals surface area contributed by atoms with Crippen molar-refractivity contribution in [1.29, 1.82) is 5.26 Å². The number of nitrogens with zero attached hydrogens (tertiary/aromatic N) is 2. The standard InChI is InChI=1S/C12H12N2O2/c1-8-9(7-13)12-10(14(8)16-3)5-4-6-11(12)15-2/h4-6H,1-3H3. The minimum absolute atomic E-state index is 0.592. The second-order valence-corrected chi connectivity index (χ2v) is 3.40. The van der Waals surface area contributed by atoms with Gasteiger partial charge >= 0.3 is 0 Å². The van der Waals surface area contributed by atoms with Crippen LogP contribution in [0.15, 0.2) is 18.2 Å². The SMILES string of the molecule is COc1cccc2c1c(C#N)c(C)n2OC. The van der Waals surface area contributed by atoms with Gasteiger partial charge in [-0.2, -0.15) is 9.99 Å². The second kappa shape index (κ2) is 3.78. The largest absolute Gasteiger partial charge is 0.496 e. The third-order valence-corrected chi connectivity index (χ3v) is 2.65. The quantitative estimate of drug-likeness (QED) is 0.770. The summed E-state index contributed by atoms with van der Waals surface area (Å²) in [6.07, 6.45) is 0. The van der Waals surface area contributed by atoms with Gasteiger partial charge in [0.2, 0.25) is 0 Å². The fourth-order valence-electron chi connectivity index (χ4n) is 1.95. The van der Waals surface area contributed by atoms with E-state index in [9.17, 15) is 5.26 Å². The minimum atomic E-state index is 0.592. The van der Waals surface area contributed by atoms with Crippen molar-refractivity contribution < 1.29 is 9.57 Å². The normalized spacial score (nSPS) is 10.1. The molecule has 0 fully saturated rings. The monoisotopic (exact) mass is 216 g/mol. The molecule has 1 heterocycles. The van der Waals surface area contributed by atoms with Crippen molar-refractivity contribution in [2.24, 2.45) is 0 Å². The third kappa shape index (κ3) is 1.22. The molecular formula is C12H12N2O2. The molecule has 82 valence electrons. The molecule has 1 aromatic carbocycles. The van der Waals surface area contributed by atoms with Gasteiger partial charge < -0.3 is 9.57 Å². The number of nitriles is 1. The van der Waals surface area contributed by atoms with E-state index in [0.717, 1.165) is 16.6 Å². The van der Waals surface area contributed by atoms with Crippen LogP contribution in [0.2, 0.25) is 0 Å². The first-order valence-corrected chi connectivity index (χ1v) is 4.87. The van der Waals surface area contributed by atoms with Crippen molar-refractivity contribution in [3.05, 3.63) is 29.5 Å². The Kier molecular flexibility index (Phi) is 2.45. The molecule has 0 aliphatic rings. The van der Waals surface area contributed by atoms with Gasteiger partial charge in [-0.1, -0.05) is 6.07 Å². The lowest BCUT2D eigenvalue weighted by Crippen LogP contribution is -2.07. The maximum atomic E-state index is 9.17. The third-order valence-electron chi connectivity index (χ3n) is 2.65. The van der Waals surface area contributed by atoms with Crippen LogP contribution < -0.4 is 9.57 Å². The molecule has 4 nitrogen and oxygen atoms in total. The second-order valence-electron chi connectivity index (χ2n) is 3.40. The molecule has 0 N–H and O–H groups in total. The van der Waals surface area contributed by atoms with Crippen LogP contribution in [0.4, 0.5) is 0 Å². The number of ether oxygens (including phenoxy) is 1. The summed E-state index contributed by atoms with van der Waals surface area (Å²) < 4.78 is 6.90. The summed E-state index contributed by atoms with van der Waals surface area (Å²) in [4.78, 5) is 5.25. The van der Waals surface area contributed by atoms with Crippen molar-refractivity contribution in [1.82, 2.24) is 4.73 Å². The van der Waals surface area contributed by atoms with Crippen LogP contribution >= 0.6 is 0 Å². The lowest BCUT2D eigenvalue weighted by atomic mass is 10.1. The Morgan fingerprint density at radius 2 is 2.06 bits per heavy atom. The van der Waals surface area contributed by atoms with Gasteiger partial charge in [0.15, 0.2) is 0 Å². The van der Waals surface area contributed by atoms with E-state index in [1.54, 1.807) is 19.0 Å². The van der Waals surface area contributed by atoms with Gasteiger partial charge in [-0.15, -0.1) is 0 Å². The average Bonchev–Trinajstić information content (AvgIpc) is 2.59. The highest BCUT2D eigenvalue weighted by atomic mass is 16.6. The molecule has 0 aliphatic carbocycles.